The second kappa shape index (κ2) is 24.5. The number of pyridine rings is 1. The van der Waals surface area contributed by atoms with Crippen molar-refractivity contribution in [3.8, 4) is 44.8 Å². The summed E-state index contributed by atoms with van der Waals surface area (Å²) in [5, 5.41) is 6.13. The number of nitrogens with one attached hydrogen (secondary N) is 1. The zero-order valence-electron chi connectivity index (χ0n) is 69.6. The van der Waals surface area contributed by atoms with Crippen LogP contribution in [-0.2, 0) is 21.7 Å². The summed E-state index contributed by atoms with van der Waals surface area (Å²) in [7, 11) is 0. The first kappa shape index (κ1) is 56.8. The minimum atomic E-state index is -0.530. The fourth-order valence-electron chi connectivity index (χ4n) is 16.4. The molecule has 3 aliphatic heterocycles. The van der Waals surface area contributed by atoms with Crippen LogP contribution in [0.25, 0.3) is 99.5 Å². The zero-order chi connectivity index (χ0) is 79.0. The van der Waals surface area contributed by atoms with E-state index in [4.69, 9.17) is 7.73 Å². The third-order valence-corrected chi connectivity index (χ3v) is 22.0. The Morgan fingerprint density at radius 2 is 0.790 bits per heavy atom. The SMILES string of the molecule is [2H]c1c([2H])c([2H])c2c(c1[2H])c1ccccc1n2-c1ccc2c(c1)N(C1=C(c3ccc(C(C)(C)C)cc3)CNC=C1c1ccc(C(C)(C)C)cc1)c1cc(-c3ccccc3)cc3c1B2c1ccc(-n2c4ccccc4c4c([2H])c([2H])c([2H])c([2H])c42)cc1N3c1c(-c2ccc(C(C)(C)C)cc2)cncc1-c1ccc(C(C)(C)C)cc1. The van der Waals surface area contributed by atoms with Crippen LogP contribution in [-0.4, -0.2) is 27.4 Å². The number of hydrogen-bond acceptors (Lipinski definition) is 4. The van der Waals surface area contributed by atoms with Gasteiger partial charge >= 0.3 is 0 Å². The van der Waals surface area contributed by atoms with Crippen molar-refractivity contribution in [1.29, 1.82) is 0 Å². The van der Waals surface area contributed by atoms with E-state index in [-0.39, 0.29) is 70.0 Å². The molecule has 12 aromatic carbocycles. The van der Waals surface area contributed by atoms with Gasteiger partial charge in [0.15, 0.2) is 0 Å². The highest BCUT2D eigenvalue weighted by atomic mass is 15.2. The topological polar surface area (TPSA) is 41.3 Å². The quantitative estimate of drug-likeness (QED) is 0.146. The van der Waals surface area contributed by atoms with Crippen molar-refractivity contribution in [2.24, 2.45) is 0 Å². The third kappa shape index (κ3) is 10.9. The first-order chi connectivity index (χ1) is 54.0. The monoisotopic (exact) mass is 1370 g/mol. The van der Waals surface area contributed by atoms with E-state index in [9.17, 15) is 8.22 Å². The molecule has 3 aliphatic rings. The van der Waals surface area contributed by atoms with Crippen LogP contribution in [0.4, 0.5) is 28.4 Å². The van der Waals surface area contributed by atoms with Gasteiger partial charge in [-0.15, -0.1) is 0 Å². The Balaban J connectivity index is 1.03. The van der Waals surface area contributed by atoms with Crippen LogP contribution in [0, 0.1) is 0 Å². The van der Waals surface area contributed by atoms with E-state index in [2.05, 4.69) is 280 Å². The van der Waals surface area contributed by atoms with Crippen LogP contribution in [0.15, 0.2) is 297 Å². The molecule has 0 aliphatic carbocycles. The van der Waals surface area contributed by atoms with Crippen molar-refractivity contribution in [3.05, 3.63) is 330 Å². The molecule has 512 valence electrons. The van der Waals surface area contributed by atoms with Crippen molar-refractivity contribution in [1.82, 2.24) is 19.4 Å². The average Bonchev–Trinajstić information content (AvgIpc) is 0.994. The van der Waals surface area contributed by atoms with E-state index in [1.165, 1.54) is 22.3 Å². The Labute approximate surface area is 629 Å². The Morgan fingerprint density at radius 3 is 1.27 bits per heavy atom. The Hall–Kier alpha value is -11.7. The summed E-state index contributed by atoms with van der Waals surface area (Å²) in [4.78, 5) is 10.3. The van der Waals surface area contributed by atoms with E-state index >= 15 is 0 Å². The number of nitrogens with zero attached hydrogens (tertiary/aromatic N) is 5. The van der Waals surface area contributed by atoms with Crippen LogP contribution in [0.3, 0.4) is 0 Å². The van der Waals surface area contributed by atoms with Gasteiger partial charge in [0, 0.05) is 103 Å². The van der Waals surface area contributed by atoms with Gasteiger partial charge in [-0.05, 0) is 154 Å². The number of aromatic nitrogens is 3. The molecule has 7 heteroatoms. The Bertz CT molecular complexity index is 6470. The average molecular weight is 1370 g/mol. The molecule has 3 aromatic heterocycles. The van der Waals surface area contributed by atoms with Gasteiger partial charge in [0.2, 0.25) is 0 Å². The Kier molecular flexibility index (Phi) is 13.3. The second-order valence-electron chi connectivity index (χ2n) is 32.7. The van der Waals surface area contributed by atoms with Crippen molar-refractivity contribution in [2.75, 3.05) is 16.3 Å². The summed E-state index contributed by atoms with van der Waals surface area (Å²) in [6, 6.07) is 78.7. The minimum Gasteiger partial charge on any atom is -0.386 e. The molecule has 0 saturated heterocycles. The van der Waals surface area contributed by atoms with Crippen LogP contribution in [0.1, 0.15) is 127 Å². The first-order valence-electron chi connectivity index (χ1n) is 40.7. The Morgan fingerprint density at radius 1 is 0.371 bits per heavy atom. The highest BCUT2D eigenvalue weighted by Crippen LogP contribution is 2.53. The summed E-state index contributed by atoms with van der Waals surface area (Å²) in [6.07, 6.45) is 6.21. The maximum atomic E-state index is 9.87. The van der Waals surface area contributed by atoms with Gasteiger partial charge in [-0.2, -0.15) is 0 Å². The van der Waals surface area contributed by atoms with Gasteiger partial charge < -0.3 is 24.3 Å². The zero-order valence-corrected chi connectivity index (χ0v) is 61.6. The second-order valence-corrected chi connectivity index (χ2v) is 32.7. The normalized spacial score (nSPS) is 15.0. The number of anilines is 5. The lowest BCUT2D eigenvalue weighted by Crippen LogP contribution is -2.62. The maximum absolute atomic E-state index is 9.87. The molecule has 6 heterocycles. The largest absolute Gasteiger partial charge is 0.386 e. The molecule has 105 heavy (non-hydrogen) atoms. The van der Waals surface area contributed by atoms with E-state index in [1.54, 1.807) is 0 Å². The summed E-state index contributed by atoms with van der Waals surface area (Å²) in [5.74, 6) is 0. The molecule has 0 radical (unpaired) electrons. The lowest BCUT2D eigenvalue weighted by atomic mass is 9.33. The van der Waals surface area contributed by atoms with Gasteiger partial charge in [0.05, 0.1) is 44.4 Å². The van der Waals surface area contributed by atoms with E-state index in [0.29, 0.717) is 50.5 Å². The van der Waals surface area contributed by atoms with E-state index in [1.807, 2.05) is 70.1 Å². The number of fused-ring (bicyclic) bond motifs is 10. The van der Waals surface area contributed by atoms with Crippen LogP contribution in [0.5, 0.6) is 0 Å². The van der Waals surface area contributed by atoms with Gasteiger partial charge in [0.1, 0.15) is 0 Å². The highest BCUT2D eigenvalue weighted by molar-refractivity contribution is 7.00. The smallest absolute Gasteiger partial charge is 0.252 e. The predicted molar refractivity (Wildman–Crippen MR) is 448 cm³/mol. The number of rotatable bonds is 9. The third-order valence-electron chi connectivity index (χ3n) is 22.0. The van der Waals surface area contributed by atoms with E-state index < -0.39 is 6.71 Å². The fraction of sp³-hybridized carbons (Fsp3) is 0.173. The van der Waals surface area contributed by atoms with Crippen molar-refractivity contribution in [3.63, 3.8) is 0 Å². The van der Waals surface area contributed by atoms with Gasteiger partial charge in [-0.1, -0.05) is 295 Å². The van der Waals surface area contributed by atoms with Gasteiger partial charge in [-0.25, -0.2) is 0 Å². The van der Waals surface area contributed by atoms with Crippen LogP contribution in [0.2, 0.25) is 0 Å². The lowest BCUT2D eigenvalue weighted by Gasteiger charge is -2.47. The number of benzene rings is 12. The molecular formula is C98H87BN6. The highest BCUT2D eigenvalue weighted by Gasteiger charge is 2.47. The summed E-state index contributed by atoms with van der Waals surface area (Å²) >= 11 is 0. The fourth-order valence-corrected chi connectivity index (χ4v) is 16.4. The molecule has 0 amide bonds. The van der Waals surface area contributed by atoms with Crippen molar-refractivity contribution in [2.45, 2.75) is 105 Å². The predicted octanol–water partition coefficient (Wildman–Crippen LogP) is 23.3. The van der Waals surface area contributed by atoms with Crippen LogP contribution < -0.4 is 31.5 Å². The molecule has 0 bridgehead atoms. The molecule has 1 N–H and O–H groups in total. The maximum Gasteiger partial charge on any atom is 0.252 e. The van der Waals surface area contributed by atoms with Crippen molar-refractivity contribution < 1.29 is 11.0 Å². The number of dihydropyridines is 1. The summed E-state index contributed by atoms with van der Waals surface area (Å²) < 4.78 is 79.8. The van der Waals surface area contributed by atoms with Crippen molar-refractivity contribution >= 4 is 106 Å². The van der Waals surface area contributed by atoms with Gasteiger partial charge in [-0.3, -0.25) is 4.98 Å². The number of para-hydroxylation sites is 4. The molecule has 6 nitrogen and oxygen atoms in total. The molecule has 0 unspecified atom stereocenters. The molecule has 0 atom stereocenters. The summed E-state index contributed by atoms with van der Waals surface area (Å²) in [5.41, 5.74) is 25.8. The van der Waals surface area contributed by atoms with Gasteiger partial charge in [0.25, 0.3) is 6.71 Å². The molecule has 0 spiro atoms. The number of hydrogen-bond donors (Lipinski definition) is 1. The minimum absolute atomic E-state index is 0.104. The number of allylic oxidation sites excluding steroid dienone is 1. The molecular weight excluding hydrogens is 1270 g/mol. The van der Waals surface area contributed by atoms with Crippen LogP contribution >= 0.6 is 0 Å². The first-order valence-corrected chi connectivity index (χ1v) is 36.7. The molecule has 0 fully saturated rings. The standard InChI is InChI=1S/C98H87BN6/c1-95(2,3)68-42-34-63(35-43-68)78-58-100-59-79(64-36-44-69(45-37-64)96(4,5)6)93(78)104-88-56-72(102-84-30-20-16-26-74(84)75-27-17-21-31-85(75)102)50-52-82(88)99-83-53-51-73(103-86-32-22-18-28-76(86)77-29-19-23-33-87(77)103)57-89(83)105(91-55-67(54-90(104)92(91)99)62-24-14-13-15-25-62)94-80(65-38-46-70(47-39-65)97(7,8)9)60-101-61-81(94)66-40-48-71(49-41-66)98(10,11)12/h13-60,101H,61H2,1-12H3/i16D,18D,20D,22D,26D,28D,30D,32D. The summed E-state index contributed by atoms with van der Waals surface area (Å²) in [6.45, 7) is 26.9. The molecule has 15 aromatic rings. The van der Waals surface area contributed by atoms with E-state index in [0.717, 1.165) is 117 Å². The molecule has 18 rings (SSSR count). The molecule has 0 saturated carbocycles. The lowest BCUT2D eigenvalue weighted by molar-refractivity contribution is 0.590.